The smallest absolute Gasteiger partial charge is 0.147 e. The van der Waals surface area contributed by atoms with E-state index < -0.39 is 0 Å². The monoisotopic (exact) mass is 298 g/mol. The number of pyridine rings is 1. The van der Waals surface area contributed by atoms with E-state index in [-0.39, 0.29) is 4.99 Å². The number of nitrogens with two attached hydrogens (primary N) is 1. The fraction of sp³-hybridized carbons (Fsp3) is 0. The average molecular weight is 299 g/mol. The van der Waals surface area contributed by atoms with Crippen LogP contribution in [0, 0.1) is 0 Å². The molecule has 0 aliphatic heterocycles. The van der Waals surface area contributed by atoms with Crippen molar-refractivity contribution in [2.24, 2.45) is 5.73 Å². The Labute approximate surface area is 119 Å². The molecule has 92 valence electrons. The lowest BCUT2D eigenvalue weighted by atomic mass is 10.3. The van der Waals surface area contributed by atoms with E-state index in [0.29, 0.717) is 27.2 Å². The third-order valence-corrected chi connectivity index (χ3v) is 2.87. The number of aromatic nitrogens is 1. The Hall–Kier alpha value is -1.36. The van der Waals surface area contributed by atoms with Gasteiger partial charge in [0.15, 0.2) is 0 Å². The van der Waals surface area contributed by atoms with Crippen LogP contribution in [0.15, 0.2) is 36.5 Å². The molecule has 0 amide bonds. The molecule has 1 aromatic heterocycles. The molecule has 0 bridgehead atoms. The van der Waals surface area contributed by atoms with Gasteiger partial charge in [-0.05, 0) is 24.3 Å². The molecule has 0 aliphatic rings. The summed E-state index contributed by atoms with van der Waals surface area (Å²) in [5, 5.41) is 1.01. The van der Waals surface area contributed by atoms with Crippen molar-refractivity contribution in [2.75, 3.05) is 0 Å². The fourth-order valence-electron chi connectivity index (χ4n) is 1.27. The van der Waals surface area contributed by atoms with Gasteiger partial charge in [0.1, 0.15) is 16.5 Å². The zero-order valence-corrected chi connectivity index (χ0v) is 11.4. The van der Waals surface area contributed by atoms with Crippen molar-refractivity contribution in [1.29, 1.82) is 0 Å². The lowest BCUT2D eigenvalue weighted by Crippen LogP contribution is -2.10. The molecule has 0 radical (unpaired) electrons. The average Bonchev–Trinajstić information content (AvgIpc) is 2.34. The van der Waals surface area contributed by atoms with E-state index in [1.807, 2.05) is 0 Å². The van der Waals surface area contributed by atoms with Crippen LogP contribution in [0.25, 0.3) is 0 Å². The predicted octanol–water partition coefficient (Wildman–Crippen LogP) is 3.81. The number of nitrogens with zero attached hydrogens (tertiary/aromatic N) is 1. The number of thiocarbonyl (C=S) groups is 1. The molecule has 1 heterocycles. The molecule has 0 unspecified atom stereocenters. The van der Waals surface area contributed by atoms with Crippen molar-refractivity contribution in [3.8, 4) is 11.5 Å². The summed E-state index contributed by atoms with van der Waals surface area (Å²) in [4.78, 5) is 4.30. The maximum atomic E-state index is 5.98. The van der Waals surface area contributed by atoms with Gasteiger partial charge in [0.2, 0.25) is 0 Å². The SMILES string of the molecule is NC(=S)c1ccc(Oc2cc(Cl)ccc2Cl)cn1. The van der Waals surface area contributed by atoms with Gasteiger partial charge in [0.25, 0.3) is 0 Å². The Morgan fingerprint density at radius 3 is 2.61 bits per heavy atom. The van der Waals surface area contributed by atoms with E-state index in [1.165, 1.54) is 6.20 Å². The molecule has 0 saturated carbocycles. The van der Waals surface area contributed by atoms with Crippen molar-refractivity contribution < 1.29 is 4.74 Å². The molecule has 0 atom stereocenters. The normalized spacial score (nSPS) is 10.1. The molecular formula is C12H8Cl2N2OS. The third kappa shape index (κ3) is 3.10. The summed E-state index contributed by atoms with van der Waals surface area (Å²) in [5.41, 5.74) is 5.99. The number of hydrogen-bond donors (Lipinski definition) is 1. The molecule has 0 saturated heterocycles. The third-order valence-electron chi connectivity index (χ3n) is 2.11. The fourth-order valence-corrected chi connectivity index (χ4v) is 1.71. The van der Waals surface area contributed by atoms with Gasteiger partial charge in [-0.3, -0.25) is 0 Å². The highest BCUT2D eigenvalue weighted by molar-refractivity contribution is 7.80. The second kappa shape index (κ2) is 5.52. The number of benzene rings is 1. The van der Waals surface area contributed by atoms with E-state index in [1.54, 1.807) is 30.3 Å². The quantitative estimate of drug-likeness (QED) is 0.875. The van der Waals surface area contributed by atoms with Crippen molar-refractivity contribution >= 4 is 40.4 Å². The summed E-state index contributed by atoms with van der Waals surface area (Å²) >= 11 is 16.7. The van der Waals surface area contributed by atoms with Crippen LogP contribution < -0.4 is 10.5 Å². The molecule has 2 aromatic rings. The highest BCUT2D eigenvalue weighted by atomic mass is 35.5. The van der Waals surface area contributed by atoms with E-state index >= 15 is 0 Å². The topological polar surface area (TPSA) is 48.1 Å². The minimum absolute atomic E-state index is 0.238. The van der Waals surface area contributed by atoms with Crippen molar-refractivity contribution in [3.63, 3.8) is 0 Å². The second-order valence-corrected chi connectivity index (χ2v) is 4.70. The Bertz CT molecular complexity index is 587. The predicted molar refractivity (Wildman–Crippen MR) is 76.7 cm³/mol. The lowest BCUT2D eigenvalue weighted by Gasteiger charge is -2.07. The van der Waals surface area contributed by atoms with Crippen LogP contribution in [-0.4, -0.2) is 9.97 Å². The first-order chi connectivity index (χ1) is 8.56. The second-order valence-electron chi connectivity index (χ2n) is 3.42. The zero-order chi connectivity index (χ0) is 13.1. The number of halogens is 2. The van der Waals surface area contributed by atoms with E-state index in [9.17, 15) is 0 Å². The van der Waals surface area contributed by atoms with Crippen LogP contribution in [0.4, 0.5) is 0 Å². The minimum Gasteiger partial charge on any atom is -0.454 e. The Balaban J connectivity index is 2.23. The molecule has 2 N–H and O–H groups in total. The lowest BCUT2D eigenvalue weighted by molar-refractivity contribution is 0.480. The molecule has 2 rings (SSSR count). The number of ether oxygens (including phenoxy) is 1. The number of hydrogen-bond acceptors (Lipinski definition) is 3. The van der Waals surface area contributed by atoms with E-state index in [4.69, 9.17) is 45.9 Å². The first-order valence-corrected chi connectivity index (χ1v) is 6.11. The highest BCUT2D eigenvalue weighted by Crippen LogP contribution is 2.31. The summed E-state index contributed by atoms with van der Waals surface area (Å²) < 4.78 is 5.56. The van der Waals surface area contributed by atoms with Crippen LogP contribution in [0.3, 0.4) is 0 Å². The number of rotatable bonds is 3. The van der Waals surface area contributed by atoms with Crippen LogP contribution in [0.5, 0.6) is 11.5 Å². The van der Waals surface area contributed by atoms with Crippen molar-refractivity contribution in [1.82, 2.24) is 4.98 Å². The van der Waals surface area contributed by atoms with E-state index in [0.717, 1.165) is 0 Å². The van der Waals surface area contributed by atoms with Gasteiger partial charge in [-0.25, -0.2) is 4.98 Å². The molecule has 3 nitrogen and oxygen atoms in total. The van der Waals surface area contributed by atoms with Gasteiger partial charge < -0.3 is 10.5 Å². The zero-order valence-electron chi connectivity index (χ0n) is 9.06. The molecule has 6 heteroatoms. The van der Waals surface area contributed by atoms with Gasteiger partial charge >= 0.3 is 0 Å². The van der Waals surface area contributed by atoms with Crippen LogP contribution in [0.2, 0.25) is 10.0 Å². The van der Waals surface area contributed by atoms with Gasteiger partial charge in [0, 0.05) is 11.1 Å². The molecular weight excluding hydrogens is 291 g/mol. The van der Waals surface area contributed by atoms with Gasteiger partial charge in [-0.15, -0.1) is 0 Å². The summed E-state index contributed by atoms with van der Waals surface area (Å²) in [6, 6.07) is 8.36. The van der Waals surface area contributed by atoms with Crippen molar-refractivity contribution in [2.45, 2.75) is 0 Å². The summed E-state index contributed by atoms with van der Waals surface area (Å²) in [5.74, 6) is 0.994. The Kier molecular flexibility index (Phi) is 4.01. The first kappa shape index (κ1) is 13.1. The highest BCUT2D eigenvalue weighted by Gasteiger charge is 2.05. The van der Waals surface area contributed by atoms with Gasteiger partial charge in [-0.1, -0.05) is 35.4 Å². The Morgan fingerprint density at radius 1 is 1.22 bits per heavy atom. The molecule has 0 fully saturated rings. The maximum Gasteiger partial charge on any atom is 0.147 e. The van der Waals surface area contributed by atoms with E-state index in [2.05, 4.69) is 4.98 Å². The Morgan fingerprint density at radius 2 is 2.00 bits per heavy atom. The summed E-state index contributed by atoms with van der Waals surface area (Å²) in [6.07, 6.45) is 1.52. The van der Waals surface area contributed by atoms with Gasteiger partial charge in [-0.2, -0.15) is 0 Å². The van der Waals surface area contributed by atoms with Crippen LogP contribution in [0.1, 0.15) is 5.69 Å². The molecule has 0 spiro atoms. The standard InChI is InChI=1S/C12H8Cl2N2OS/c13-7-1-3-9(14)11(5-7)17-8-2-4-10(12(15)18)16-6-8/h1-6H,(H2,15,18). The minimum atomic E-state index is 0.238. The molecule has 1 aromatic carbocycles. The van der Waals surface area contributed by atoms with Crippen LogP contribution in [-0.2, 0) is 0 Å². The van der Waals surface area contributed by atoms with Crippen LogP contribution >= 0.6 is 35.4 Å². The molecule has 18 heavy (non-hydrogen) atoms. The first-order valence-electron chi connectivity index (χ1n) is 4.95. The molecule has 0 aliphatic carbocycles. The van der Waals surface area contributed by atoms with Crippen molar-refractivity contribution in [3.05, 3.63) is 52.3 Å². The maximum absolute atomic E-state index is 5.98. The largest absolute Gasteiger partial charge is 0.454 e. The summed E-state index contributed by atoms with van der Waals surface area (Å²) in [6.45, 7) is 0. The summed E-state index contributed by atoms with van der Waals surface area (Å²) in [7, 11) is 0. The van der Waals surface area contributed by atoms with Gasteiger partial charge in [0.05, 0.1) is 16.9 Å².